The van der Waals surface area contributed by atoms with Crippen LogP contribution in [-0.4, -0.2) is 30.0 Å². The maximum absolute atomic E-state index is 12.0. The minimum atomic E-state index is -0.719. The van der Waals surface area contributed by atoms with Gasteiger partial charge in [-0.1, -0.05) is 25.1 Å². The highest BCUT2D eigenvalue weighted by molar-refractivity contribution is 5.94. The summed E-state index contributed by atoms with van der Waals surface area (Å²) in [6.45, 7) is 3.04. The number of nitro groups is 1. The number of amides is 1. The first-order valence-electron chi connectivity index (χ1n) is 8.32. The monoisotopic (exact) mass is 372 g/mol. The van der Waals surface area contributed by atoms with Crippen molar-refractivity contribution in [2.45, 2.75) is 20.3 Å². The molecule has 0 spiro atoms. The number of para-hydroxylation sites is 1. The zero-order chi connectivity index (χ0) is 19.8. The second-order valence-corrected chi connectivity index (χ2v) is 5.71. The van der Waals surface area contributed by atoms with Crippen molar-refractivity contribution in [2.24, 2.45) is 0 Å². The summed E-state index contributed by atoms with van der Waals surface area (Å²) in [6, 6.07) is 11.0. The predicted molar refractivity (Wildman–Crippen MR) is 98.7 cm³/mol. The fourth-order valence-electron chi connectivity index (χ4n) is 2.37. The van der Waals surface area contributed by atoms with Crippen LogP contribution in [0.4, 0.5) is 11.4 Å². The minimum absolute atomic E-state index is 0.0794. The highest BCUT2D eigenvalue weighted by Gasteiger charge is 2.12. The Bertz CT molecular complexity index is 833. The van der Waals surface area contributed by atoms with E-state index in [4.69, 9.17) is 9.47 Å². The normalized spacial score (nSPS) is 10.1. The molecule has 8 nitrogen and oxygen atoms in total. The van der Waals surface area contributed by atoms with Gasteiger partial charge in [-0.05, 0) is 36.6 Å². The Morgan fingerprint density at radius 3 is 2.44 bits per heavy atom. The van der Waals surface area contributed by atoms with Gasteiger partial charge in [-0.15, -0.1) is 0 Å². The lowest BCUT2D eigenvalue weighted by Crippen LogP contribution is -2.24. The van der Waals surface area contributed by atoms with Crippen LogP contribution in [0.5, 0.6) is 5.75 Å². The number of hydrogen-bond donors (Lipinski definition) is 1. The van der Waals surface area contributed by atoms with Crippen LogP contribution < -0.4 is 10.1 Å². The largest absolute Gasteiger partial charge is 0.482 e. The van der Waals surface area contributed by atoms with Crippen LogP contribution in [0.15, 0.2) is 42.5 Å². The number of hydrogen-bond acceptors (Lipinski definition) is 6. The summed E-state index contributed by atoms with van der Waals surface area (Å²) in [5.41, 5.74) is 2.57. The Labute approximate surface area is 156 Å². The molecular weight excluding hydrogens is 352 g/mol. The molecule has 2 aromatic carbocycles. The summed E-state index contributed by atoms with van der Waals surface area (Å²) in [6.07, 6.45) is 0.764. The second-order valence-electron chi connectivity index (χ2n) is 5.71. The first kappa shape index (κ1) is 19.9. The third-order valence-corrected chi connectivity index (χ3v) is 3.77. The number of rotatable bonds is 8. The van der Waals surface area contributed by atoms with Gasteiger partial charge in [-0.3, -0.25) is 14.9 Å². The molecule has 0 aliphatic rings. The number of anilines is 1. The van der Waals surface area contributed by atoms with Crippen molar-refractivity contribution >= 4 is 23.3 Å². The van der Waals surface area contributed by atoms with Crippen LogP contribution in [-0.2, 0) is 20.7 Å². The molecule has 142 valence electrons. The summed E-state index contributed by atoms with van der Waals surface area (Å²) in [7, 11) is 0. The van der Waals surface area contributed by atoms with Gasteiger partial charge in [0.15, 0.2) is 13.2 Å². The lowest BCUT2D eigenvalue weighted by atomic mass is 10.1. The van der Waals surface area contributed by atoms with Gasteiger partial charge in [0.05, 0.1) is 4.92 Å². The van der Waals surface area contributed by atoms with E-state index < -0.39 is 30.0 Å². The summed E-state index contributed by atoms with van der Waals surface area (Å²) >= 11 is 0. The minimum Gasteiger partial charge on any atom is -0.482 e. The Kier molecular flexibility index (Phi) is 6.87. The zero-order valence-electron chi connectivity index (χ0n) is 15.1. The van der Waals surface area contributed by atoms with E-state index in [-0.39, 0.29) is 11.4 Å². The summed E-state index contributed by atoms with van der Waals surface area (Å²) in [5.74, 6) is -0.874. The number of nitrogens with one attached hydrogen (secondary N) is 1. The zero-order valence-corrected chi connectivity index (χ0v) is 15.1. The molecular formula is C19H20N2O6. The lowest BCUT2D eigenvalue weighted by molar-refractivity contribution is -0.384. The van der Waals surface area contributed by atoms with E-state index in [1.54, 1.807) is 0 Å². The van der Waals surface area contributed by atoms with Gasteiger partial charge < -0.3 is 14.8 Å². The maximum atomic E-state index is 12.0. The number of carbonyl (C=O) groups is 2. The third kappa shape index (κ3) is 5.81. The first-order chi connectivity index (χ1) is 12.9. The molecule has 1 N–H and O–H groups in total. The van der Waals surface area contributed by atoms with Crippen LogP contribution in [0.3, 0.4) is 0 Å². The van der Waals surface area contributed by atoms with Gasteiger partial charge in [0, 0.05) is 17.8 Å². The quantitative estimate of drug-likeness (QED) is 0.433. The molecule has 0 aliphatic carbocycles. The van der Waals surface area contributed by atoms with Gasteiger partial charge in [0.1, 0.15) is 5.75 Å². The molecule has 0 aromatic heterocycles. The van der Waals surface area contributed by atoms with E-state index in [2.05, 4.69) is 5.32 Å². The summed E-state index contributed by atoms with van der Waals surface area (Å²) in [4.78, 5) is 33.8. The molecule has 0 atom stereocenters. The van der Waals surface area contributed by atoms with E-state index in [1.165, 1.54) is 24.3 Å². The smallest absolute Gasteiger partial charge is 0.344 e. The van der Waals surface area contributed by atoms with E-state index in [1.807, 2.05) is 32.0 Å². The number of nitro benzene ring substituents is 1. The molecule has 2 rings (SSSR count). The highest BCUT2D eigenvalue weighted by atomic mass is 16.6. The van der Waals surface area contributed by atoms with Crippen molar-refractivity contribution in [1.29, 1.82) is 0 Å². The molecule has 1 amide bonds. The Morgan fingerprint density at radius 1 is 1.11 bits per heavy atom. The molecule has 0 heterocycles. The van der Waals surface area contributed by atoms with Crippen LogP contribution in [0.25, 0.3) is 0 Å². The van der Waals surface area contributed by atoms with Gasteiger partial charge in [0.25, 0.3) is 11.6 Å². The average molecular weight is 372 g/mol. The molecule has 0 saturated carbocycles. The number of nitrogens with zero attached hydrogens (tertiary/aromatic N) is 1. The average Bonchev–Trinajstić information content (AvgIpc) is 2.66. The molecule has 8 heteroatoms. The fraction of sp³-hybridized carbons (Fsp3) is 0.263. The first-order valence-corrected chi connectivity index (χ1v) is 8.32. The molecule has 2 aromatic rings. The topological polar surface area (TPSA) is 108 Å². The van der Waals surface area contributed by atoms with Crippen molar-refractivity contribution < 1.29 is 24.0 Å². The van der Waals surface area contributed by atoms with Gasteiger partial charge >= 0.3 is 5.97 Å². The number of ether oxygens (including phenoxy) is 2. The number of carbonyl (C=O) groups excluding carboxylic acids is 2. The molecule has 0 saturated heterocycles. The predicted octanol–water partition coefficient (Wildman–Crippen LogP) is 3.03. The van der Waals surface area contributed by atoms with Crippen molar-refractivity contribution in [3.8, 4) is 5.75 Å². The van der Waals surface area contributed by atoms with Crippen LogP contribution in [0.2, 0.25) is 0 Å². The van der Waals surface area contributed by atoms with Crippen molar-refractivity contribution in [3.63, 3.8) is 0 Å². The number of benzene rings is 2. The Hall–Kier alpha value is -3.42. The van der Waals surface area contributed by atoms with Gasteiger partial charge in [-0.25, -0.2) is 4.79 Å². The van der Waals surface area contributed by atoms with E-state index in [0.717, 1.165) is 23.2 Å². The maximum Gasteiger partial charge on any atom is 0.344 e. The third-order valence-electron chi connectivity index (χ3n) is 3.77. The molecule has 27 heavy (non-hydrogen) atoms. The van der Waals surface area contributed by atoms with Crippen molar-refractivity contribution in [2.75, 3.05) is 18.5 Å². The van der Waals surface area contributed by atoms with Gasteiger partial charge in [0.2, 0.25) is 0 Å². The standard InChI is InChI=1S/C19H20N2O6/c1-3-14-6-4-5-13(2)19(14)20-17(22)11-27-18(23)12-26-16-9-7-15(8-10-16)21(24)25/h4-10H,3,11-12H2,1-2H3,(H,20,22). The molecule has 0 unspecified atom stereocenters. The van der Waals surface area contributed by atoms with E-state index in [9.17, 15) is 19.7 Å². The molecule has 0 radical (unpaired) electrons. The molecule has 0 fully saturated rings. The number of non-ortho nitro benzene ring substituents is 1. The SMILES string of the molecule is CCc1cccc(C)c1NC(=O)COC(=O)COc1ccc([N+](=O)[O-])cc1. The summed E-state index contributed by atoms with van der Waals surface area (Å²) < 4.78 is 10.1. The van der Waals surface area contributed by atoms with Crippen LogP contribution in [0, 0.1) is 17.0 Å². The van der Waals surface area contributed by atoms with Gasteiger partial charge in [-0.2, -0.15) is 0 Å². The lowest BCUT2D eigenvalue weighted by Gasteiger charge is -2.13. The highest BCUT2D eigenvalue weighted by Crippen LogP contribution is 2.21. The number of esters is 1. The second kappa shape index (κ2) is 9.33. The van der Waals surface area contributed by atoms with E-state index in [0.29, 0.717) is 0 Å². The number of aryl methyl sites for hydroxylation is 2. The molecule has 0 bridgehead atoms. The van der Waals surface area contributed by atoms with Crippen molar-refractivity contribution in [3.05, 3.63) is 63.7 Å². The van der Waals surface area contributed by atoms with Crippen LogP contribution >= 0.6 is 0 Å². The fourth-order valence-corrected chi connectivity index (χ4v) is 2.37. The van der Waals surface area contributed by atoms with Crippen molar-refractivity contribution in [1.82, 2.24) is 0 Å². The molecule has 0 aliphatic heterocycles. The van der Waals surface area contributed by atoms with E-state index >= 15 is 0 Å². The van der Waals surface area contributed by atoms with Crippen LogP contribution in [0.1, 0.15) is 18.1 Å². The Balaban J connectivity index is 1.80. The Morgan fingerprint density at radius 2 is 1.81 bits per heavy atom. The summed E-state index contributed by atoms with van der Waals surface area (Å²) in [5, 5.41) is 13.3.